The van der Waals surface area contributed by atoms with E-state index < -0.39 is 6.04 Å². The number of halogens is 2. The predicted octanol–water partition coefficient (Wildman–Crippen LogP) is 2.82. The molecule has 0 radical (unpaired) electrons. The van der Waals surface area contributed by atoms with E-state index >= 15 is 0 Å². The minimum absolute atomic E-state index is 0.366. The van der Waals surface area contributed by atoms with Gasteiger partial charge in [-0.25, -0.2) is 4.39 Å². The van der Waals surface area contributed by atoms with Crippen molar-refractivity contribution >= 4 is 11.6 Å². The Morgan fingerprint density at radius 2 is 2.17 bits per heavy atom. The molecule has 18 heavy (non-hydrogen) atoms. The molecule has 3 nitrogen and oxygen atoms in total. The Hall–Kier alpha value is -1.39. The molecule has 0 spiro atoms. The van der Waals surface area contributed by atoms with Gasteiger partial charge in [0.1, 0.15) is 5.82 Å². The first-order chi connectivity index (χ1) is 8.52. The Bertz CT molecular complexity index is 565. The summed E-state index contributed by atoms with van der Waals surface area (Å²) in [4.78, 5) is 0. The van der Waals surface area contributed by atoms with Crippen LogP contribution >= 0.6 is 11.6 Å². The number of nitrogens with zero attached hydrogens (tertiary/aromatic N) is 2. The van der Waals surface area contributed by atoms with E-state index in [1.165, 1.54) is 6.07 Å². The first-order valence-electron chi connectivity index (χ1n) is 5.76. The molecule has 0 saturated carbocycles. The second kappa shape index (κ2) is 5.08. The lowest BCUT2D eigenvalue weighted by Gasteiger charge is -2.13. The molecule has 0 aliphatic carbocycles. The summed E-state index contributed by atoms with van der Waals surface area (Å²) in [5.74, 6) is -0.388. The minimum Gasteiger partial charge on any atom is -0.320 e. The van der Waals surface area contributed by atoms with Gasteiger partial charge in [0.05, 0.1) is 11.7 Å². The number of nitrogens with two attached hydrogens (primary N) is 1. The van der Waals surface area contributed by atoms with E-state index in [4.69, 9.17) is 17.3 Å². The normalized spacial score (nSPS) is 12.7. The lowest BCUT2D eigenvalue weighted by atomic mass is 9.99. The van der Waals surface area contributed by atoms with Crippen molar-refractivity contribution in [2.45, 2.75) is 19.4 Å². The van der Waals surface area contributed by atoms with Crippen molar-refractivity contribution in [1.29, 1.82) is 0 Å². The van der Waals surface area contributed by atoms with Crippen LogP contribution in [0.5, 0.6) is 0 Å². The first kappa shape index (κ1) is 13.1. The summed E-state index contributed by atoms with van der Waals surface area (Å²) in [6.45, 7) is 2.00. The molecule has 2 aromatic rings. The Morgan fingerprint density at radius 3 is 2.78 bits per heavy atom. The molecule has 0 aliphatic heterocycles. The summed E-state index contributed by atoms with van der Waals surface area (Å²) in [5.41, 5.74) is 8.29. The smallest absolute Gasteiger partial charge is 0.129 e. The third-order valence-electron chi connectivity index (χ3n) is 2.91. The zero-order valence-corrected chi connectivity index (χ0v) is 11.1. The number of hydrogen-bond acceptors (Lipinski definition) is 2. The molecule has 1 heterocycles. The molecule has 0 aliphatic rings. The average Bonchev–Trinajstić information content (AvgIpc) is 2.69. The fourth-order valence-corrected chi connectivity index (χ4v) is 2.17. The van der Waals surface area contributed by atoms with Crippen LogP contribution in [-0.4, -0.2) is 9.78 Å². The van der Waals surface area contributed by atoms with Crippen molar-refractivity contribution in [2.75, 3.05) is 0 Å². The van der Waals surface area contributed by atoms with Gasteiger partial charge in [-0.1, -0.05) is 24.6 Å². The summed E-state index contributed by atoms with van der Waals surface area (Å²) < 4.78 is 15.5. The largest absolute Gasteiger partial charge is 0.320 e. The van der Waals surface area contributed by atoms with Crippen LogP contribution in [0.3, 0.4) is 0 Å². The summed E-state index contributed by atoms with van der Waals surface area (Å²) in [6.07, 6.45) is 2.59. The highest BCUT2D eigenvalue weighted by molar-refractivity contribution is 6.30. The van der Waals surface area contributed by atoms with Crippen LogP contribution in [0, 0.1) is 5.82 Å². The second-order valence-corrected chi connectivity index (χ2v) is 4.64. The highest BCUT2D eigenvalue weighted by atomic mass is 35.5. The van der Waals surface area contributed by atoms with E-state index in [2.05, 4.69) is 5.10 Å². The number of benzene rings is 1. The van der Waals surface area contributed by atoms with Gasteiger partial charge in [0.15, 0.2) is 0 Å². The van der Waals surface area contributed by atoms with E-state index in [1.54, 1.807) is 16.8 Å². The van der Waals surface area contributed by atoms with E-state index in [1.807, 2.05) is 20.2 Å². The number of rotatable bonds is 3. The Balaban J connectivity index is 2.43. The van der Waals surface area contributed by atoms with Crippen molar-refractivity contribution in [3.63, 3.8) is 0 Å². The van der Waals surface area contributed by atoms with Crippen LogP contribution in [0.15, 0.2) is 24.4 Å². The van der Waals surface area contributed by atoms with E-state index in [9.17, 15) is 4.39 Å². The van der Waals surface area contributed by atoms with E-state index in [0.717, 1.165) is 17.7 Å². The van der Waals surface area contributed by atoms with Crippen LogP contribution in [0.4, 0.5) is 4.39 Å². The zero-order valence-electron chi connectivity index (χ0n) is 10.3. The molecule has 0 bridgehead atoms. The molecule has 1 aromatic heterocycles. The van der Waals surface area contributed by atoms with Gasteiger partial charge in [0.25, 0.3) is 0 Å². The lowest BCUT2D eigenvalue weighted by Crippen LogP contribution is -2.14. The van der Waals surface area contributed by atoms with Gasteiger partial charge in [0, 0.05) is 29.4 Å². The topological polar surface area (TPSA) is 43.8 Å². The van der Waals surface area contributed by atoms with Crippen LogP contribution in [-0.2, 0) is 13.5 Å². The molecule has 1 unspecified atom stereocenters. The first-order valence-corrected chi connectivity index (χ1v) is 6.13. The molecule has 5 heteroatoms. The highest BCUT2D eigenvalue weighted by Gasteiger charge is 2.18. The molecule has 2 N–H and O–H groups in total. The van der Waals surface area contributed by atoms with Gasteiger partial charge in [-0.3, -0.25) is 4.68 Å². The zero-order chi connectivity index (χ0) is 13.3. The third kappa shape index (κ3) is 2.40. The van der Waals surface area contributed by atoms with Crippen LogP contribution in [0.1, 0.15) is 29.8 Å². The van der Waals surface area contributed by atoms with Gasteiger partial charge in [0.2, 0.25) is 0 Å². The predicted molar refractivity (Wildman–Crippen MR) is 70.0 cm³/mol. The monoisotopic (exact) mass is 267 g/mol. The van der Waals surface area contributed by atoms with Crippen molar-refractivity contribution in [2.24, 2.45) is 12.8 Å². The highest BCUT2D eigenvalue weighted by Crippen LogP contribution is 2.26. The molecular formula is C13H15ClFN3. The lowest BCUT2D eigenvalue weighted by molar-refractivity contribution is 0.599. The number of aryl methyl sites for hydroxylation is 2. The molecule has 96 valence electrons. The van der Waals surface area contributed by atoms with E-state index in [0.29, 0.717) is 10.6 Å². The van der Waals surface area contributed by atoms with Crippen molar-refractivity contribution in [3.8, 4) is 0 Å². The number of aromatic nitrogens is 2. The fourth-order valence-electron chi connectivity index (χ4n) is 2.01. The SMILES string of the molecule is CCc1nn(C)cc1C(N)c1ccc(Cl)cc1F. The molecule has 0 amide bonds. The number of hydrogen-bond donors (Lipinski definition) is 1. The summed E-state index contributed by atoms with van der Waals surface area (Å²) in [7, 11) is 1.83. The molecule has 1 aromatic carbocycles. The Labute approximate surface area is 110 Å². The van der Waals surface area contributed by atoms with E-state index in [-0.39, 0.29) is 5.82 Å². The Kier molecular flexibility index (Phi) is 3.68. The maximum absolute atomic E-state index is 13.8. The summed E-state index contributed by atoms with van der Waals surface area (Å²) in [6, 6.07) is 4.01. The van der Waals surface area contributed by atoms with Gasteiger partial charge in [-0.15, -0.1) is 0 Å². The van der Waals surface area contributed by atoms with Crippen molar-refractivity contribution in [3.05, 3.63) is 52.1 Å². The van der Waals surface area contributed by atoms with Crippen LogP contribution in [0.2, 0.25) is 5.02 Å². The third-order valence-corrected chi connectivity index (χ3v) is 3.14. The van der Waals surface area contributed by atoms with Crippen molar-refractivity contribution in [1.82, 2.24) is 9.78 Å². The molecule has 1 atom stereocenters. The Morgan fingerprint density at radius 1 is 1.44 bits per heavy atom. The van der Waals surface area contributed by atoms with Gasteiger partial charge < -0.3 is 5.73 Å². The van der Waals surface area contributed by atoms with Crippen LogP contribution in [0.25, 0.3) is 0 Å². The minimum atomic E-state index is -0.522. The summed E-state index contributed by atoms with van der Waals surface area (Å²) in [5, 5.41) is 4.68. The maximum atomic E-state index is 13.8. The standard InChI is InChI=1S/C13H15ClFN3/c1-3-12-10(7-18(2)17-12)13(16)9-5-4-8(14)6-11(9)15/h4-7,13H,3,16H2,1-2H3. The van der Waals surface area contributed by atoms with Gasteiger partial charge in [-0.05, 0) is 18.6 Å². The summed E-state index contributed by atoms with van der Waals surface area (Å²) >= 11 is 5.73. The molecule has 0 saturated heterocycles. The average molecular weight is 268 g/mol. The van der Waals surface area contributed by atoms with Gasteiger partial charge >= 0.3 is 0 Å². The van der Waals surface area contributed by atoms with Crippen LogP contribution < -0.4 is 5.73 Å². The quantitative estimate of drug-likeness (QED) is 0.929. The van der Waals surface area contributed by atoms with Gasteiger partial charge in [-0.2, -0.15) is 5.10 Å². The molecule has 0 fully saturated rings. The van der Waals surface area contributed by atoms with Crippen molar-refractivity contribution < 1.29 is 4.39 Å². The fraction of sp³-hybridized carbons (Fsp3) is 0.308. The molecular weight excluding hydrogens is 253 g/mol. The maximum Gasteiger partial charge on any atom is 0.129 e. The molecule has 2 rings (SSSR count). The second-order valence-electron chi connectivity index (χ2n) is 4.20.